The highest BCUT2D eigenvalue weighted by Gasteiger charge is 2.14. The molecular formula is C25H25ClN8. The topological polar surface area (TPSA) is 91.8 Å². The molecule has 4 heterocycles. The van der Waals surface area contributed by atoms with Crippen molar-refractivity contribution in [2.24, 2.45) is 0 Å². The summed E-state index contributed by atoms with van der Waals surface area (Å²) in [6.45, 7) is 5.81. The van der Waals surface area contributed by atoms with Crippen LogP contribution < -0.4 is 15.5 Å². The number of aryl methyl sites for hydroxylation is 1. The molecule has 0 spiro atoms. The smallest absolute Gasteiger partial charge is 0.180 e. The van der Waals surface area contributed by atoms with E-state index in [0.29, 0.717) is 29.7 Å². The van der Waals surface area contributed by atoms with Crippen LogP contribution in [0.2, 0.25) is 5.02 Å². The third kappa shape index (κ3) is 5.30. The zero-order chi connectivity index (χ0) is 23.3. The van der Waals surface area contributed by atoms with Gasteiger partial charge in [0.25, 0.3) is 0 Å². The Morgan fingerprint density at radius 1 is 0.941 bits per heavy atom. The van der Waals surface area contributed by atoms with E-state index in [1.54, 1.807) is 18.5 Å². The van der Waals surface area contributed by atoms with Crippen LogP contribution in [0.5, 0.6) is 0 Å². The van der Waals surface area contributed by atoms with Crippen molar-refractivity contribution in [3.63, 3.8) is 0 Å². The Balaban J connectivity index is 1.30. The highest BCUT2D eigenvalue weighted by atomic mass is 35.5. The molecule has 1 fully saturated rings. The summed E-state index contributed by atoms with van der Waals surface area (Å²) in [7, 11) is 0. The summed E-state index contributed by atoms with van der Waals surface area (Å²) in [4.78, 5) is 24.8. The summed E-state index contributed by atoms with van der Waals surface area (Å²) in [5, 5.41) is 7.37. The van der Waals surface area contributed by atoms with E-state index in [1.807, 2.05) is 37.3 Å². The Kier molecular flexibility index (Phi) is 6.60. The van der Waals surface area contributed by atoms with Crippen molar-refractivity contribution in [1.29, 1.82) is 0 Å². The van der Waals surface area contributed by atoms with Gasteiger partial charge in [-0.3, -0.25) is 0 Å². The Bertz CT molecular complexity index is 1290. The highest BCUT2D eigenvalue weighted by Crippen LogP contribution is 2.28. The Morgan fingerprint density at radius 2 is 1.74 bits per heavy atom. The molecule has 0 aliphatic carbocycles. The monoisotopic (exact) mass is 472 g/mol. The van der Waals surface area contributed by atoms with Gasteiger partial charge in [0, 0.05) is 50.7 Å². The summed E-state index contributed by atoms with van der Waals surface area (Å²) in [5.74, 6) is 2.56. The lowest BCUT2D eigenvalue weighted by molar-refractivity contribution is 0.589. The number of halogens is 1. The molecule has 1 saturated heterocycles. The minimum absolute atomic E-state index is 0.558. The number of nitrogens with one attached hydrogen (secondary N) is 2. The number of hydrogen-bond donors (Lipinski definition) is 2. The first-order chi connectivity index (χ1) is 16.6. The molecule has 4 aromatic rings. The summed E-state index contributed by atoms with van der Waals surface area (Å²) >= 11 is 6.61. The van der Waals surface area contributed by atoms with Crippen molar-refractivity contribution in [3.05, 3.63) is 83.0 Å². The largest absolute Gasteiger partial charge is 0.368 e. The first-order valence-corrected chi connectivity index (χ1v) is 11.6. The molecule has 3 aromatic heterocycles. The molecule has 34 heavy (non-hydrogen) atoms. The van der Waals surface area contributed by atoms with E-state index in [2.05, 4.69) is 52.6 Å². The van der Waals surface area contributed by atoms with Crippen molar-refractivity contribution in [2.75, 3.05) is 36.4 Å². The number of hydrogen-bond acceptors (Lipinski definition) is 8. The molecule has 1 aliphatic heterocycles. The van der Waals surface area contributed by atoms with Crippen LogP contribution in [0.3, 0.4) is 0 Å². The predicted molar refractivity (Wildman–Crippen MR) is 135 cm³/mol. The van der Waals surface area contributed by atoms with Gasteiger partial charge in [-0.15, -0.1) is 0 Å². The maximum atomic E-state index is 6.61. The van der Waals surface area contributed by atoms with E-state index < -0.39 is 0 Å². The fraction of sp³-hybridized carbons (Fsp3) is 0.240. The third-order valence-corrected chi connectivity index (χ3v) is 5.87. The Hall–Kier alpha value is -3.62. The van der Waals surface area contributed by atoms with Crippen molar-refractivity contribution >= 4 is 28.9 Å². The molecule has 0 amide bonds. The molecule has 5 rings (SSSR count). The number of benzene rings is 1. The van der Waals surface area contributed by atoms with Crippen molar-refractivity contribution in [1.82, 2.24) is 30.2 Å². The molecule has 8 nitrogen and oxygen atoms in total. The molecular weight excluding hydrogens is 448 g/mol. The van der Waals surface area contributed by atoms with E-state index in [0.717, 1.165) is 53.8 Å². The summed E-state index contributed by atoms with van der Waals surface area (Å²) in [5.41, 5.74) is 3.79. The van der Waals surface area contributed by atoms with Crippen LogP contribution >= 0.6 is 11.6 Å². The van der Waals surface area contributed by atoms with Gasteiger partial charge in [-0.05, 0) is 48.9 Å². The predicted octanol–water partition coefficient (Wildman–Crippen LogP) is 4.03. The van der Waals surface area contributed by atoms with Gasteiger partial charge in [0.05, 0.1) is 10.7 Å². The number of rotatable bonds is 6. The first-order valence-electron chi connectivity index (χ1n) is 11.2. The second-order valence-corrected chi connectivity index (χ2v) is 8.52. The molecule has 1 aromatic carbocycles. The molecule has 9 heteroatoms. The van der Waals surface area contributed by atoms with Crippen LogP contribution in [0.25, 0.3) is 11.5 Å². The minimum atomic E-state index is 0.558. The quantitative estimate of drug-likeness (QED) is 0.434. The van der Waals surface area contributed by atoms with Gasteiger partial charge in [0.2, 0.25) is 0 Å². The second-order valence-electron chi connectivity index (χ2n) is 8.11. The van der Waals surface area contributed by atoms with Crippen molar-refractivity contribution in [2.45, 2.75) is 13.3 Å². The maximum Gasteiger partial charge on any atom is 0.180 e. The normalized spacial score (nSPS) is 13.6. The lowest BCUT2D eigenvalue weighted by Gasteiger charge is -2.30. The molecule has 0 unspecified atom stereocenters. The van der Waals surface area contributed by atoms with E-state index in [1.165, 1.54) is 0 Å². The summed E-state index contributed by atoms with van der Waals surface area (Å²) in [6.07, 6.45) is 4.03. The van der Waals surface area contributed by atoms with Crippen LogP contribution in [0.1, 0.15) is 17.1 Å². The average Bonchev–Trinajstić information content (AvgIpc) is 2.85. The average molecular weight is 473 g/mol. The van der Waals surface area contributed by atoms with Crippen LogP contribution in [-0.4, -0.2) is 51.1 Å². The Morgan fingerprint density at radius 3 is 2.53 bits per heavy atom. The molecule has 0 bridgehead atoms. The molecule has 0 radical (unpaired) electrons. The van der Waals surface area contributed by atoms with E-state index >= 15 is 0 Å². The molecule has 0 atom stereocenters. The standard InChI is InChI=1S/C25H25ClN8/c1-17-3-2-4-20(30-17)25-29-10-8-23(33-25)31-22-7-9-28-24(32-22)16-18-5-6-21(19(26)15-18)34-13-11-27-12-14-34/h2-10,15,27H,11-14,16H2,1H3,(H,28,29,31,32,33). The van der Waals surface area contributed by atoms with Crippen molar-refractivity contribution < 1.29 is 0 Å². The summed E-state index contributed by atoms with van der Waals surface area (Å²) < 4.78 is 0. The number of anilines is 3. The minimum Gasteiger partial charge on any atom is -0.368 e. The first kappa shape index (κ1) is 22.2. The number of piperazine rings is 1. The Labute approximate surface area is 203 Å². The lowest BCUT2D eigenvalue weighted by Crippen LogP contribution is -2.43. The van der Waals surface area contributed by atoms with E-state index in [9.17, 15) is 0 Å². The van der Waals surface area contributed by atoms with Crippen LogP contribution in [0, 0.1) is 6.92 Å². The fourth-order valence-electron chi connectivity index (χ4n) is 3.91. The van der Waals surface area contributed by atoms with Gasteiger partial charge in [0.1, 0.15) is 23.2 Å². The van der Waals surface area contributed by atoms with Gasteiger partial charge in [-0.25, -0.2) is 24.9 Å². The van der Waals surface area contributed by atoms with Gasteiger partial charge in [-0.1, -0.05) is 23.7 Å². The molecule has 2 N–H and O–H groups in total. The molecule has 0 saturated carbocycles. The third-order valence-electron chi connectivity index (χ3n) is 5.57. The molecule has 1 aliphatic rings. The molecule has 172 valence electrons. The fourth-order valence-corrected chi connectivity index (χ4v) is 4.23. The maximum absolute atomic E-state index is 6.61. The summed E-state index contributed by atoms with van der Waals surface area (Å²) in [6, 6.07) is 15.6. The van der Waals surface area contributed by atoms with Gasteiger partial charge < -0.3 is 15.5 Å². The van der Waals surface area contributed by atoms with Gasteiger partial charge >= 0.3 is 0 Å². The van der Waals surface area contributed by atoms with Crippen LogP contribution in [-0.2, 0) is 6.42 Å². The van der Waals surface area contributed by atoms with E-state index in [-0.39, 0.29) is 0 Å². The van der Waals surface area contributed by atoms with Gasteiger partial charge in [-0.2, -0.15) is 0 Å². The second kappa shape index (κ2) is 10.1. The van der Waals surface area contributed by atoms with E-state index in [4.69, 9.17) is 11.6 Å². The van der Waals surface area contributed by atoms with Crippen molar-refractivity contribution in [3.8, 4) is 11.5 Å². The van der Waals surface area contributed by atoms with Gasteiger partial charge in [0.15, 0.2) is 5.82 Å². The zero-order valence-corrected chi connectivity index (χ0v) is 19.6. The van der Waals surface area contributed by atoms with Crippen LogP contribution in [0.4, 0.5) is 17.3 Å². The number of pyridine rings is 1. The number of aromatic nitrogens is 5. The highest BCUT2D eigenvalue weighted by molar-refractivity contribution is 6.33. The zero-order valence-electron chi connectivity index (χ0n) is 18.9. The van der Waals surface area contributed by atoms with Crippen LogP contribution in [0.15, 0.2) is 60.9 Å². The number of nitrogens with zero attached hydrogens (tertiary/aromatic N) is 6. The lowest BCUT2D eigenvalue weighted by atomic mass is 10.1. The SMILES string of the molecule is Cc1cccc(-c2nccc(Nc3ccnc(Cc4ccc(N5CCNCC5)c(Cl)c4)n3)n2)n1.